The van der Waals surface area contributed by atoms with Gasteiger partial charge in [0.1, 0.15) is 13.1 Å². The van der Waals surface area contributed by atoms with Gasteiger partial charge in [-0.3, -0.25) is 0 Å². The predicted molar refractivity (Wildman–Crippen MR) is 107 cm³/mol. The highest BCUT2D eigenvalue weighted by molar-refractivity contribution is 4.48. The zero-order valence-corrected chi connectivity index (χ0v) is 17.2. The Morgan fingerprint density at radius 2 is 1.04 bits per heavy atom. The van der Waals surface area contributed by atoms with Crippen LogP contribution in [0.2, 0.25) is 0 Å². The van der Waals surface area contributed by atoms with Crippen LogP contribution in [0.3, 0.4) is 0 Å². The number of rotatable bonds is 20. The summed E-state index contributed by atoms with van der Waals surface area (Å²) in [5.74, 6) is 0. The molecule has 0 saturated carbocycles. The van der Waals surface area contributed by atoms with Crippen molar-refractivity contribution in [1.29, 1.82) is 0 Å². The van der Waals surface area contributed by atoms with E-state index in [1.165, 1.54) is 70.6 Å². The molecule has 0 aliphatic carbocycles. The van der Waals surface area contributed by atoms with Crippen molar-refractivity contribution in [3.05, 3.63) is 0 Å². The van der Waals surface area contributed by atoms with Crippen molar-refractivity contribution in [3.8, 4) is 0 Å². The second-order valence-corrected chi connectivity index (χ2v) is 7.74. The molecule has 0 aliphatic heterocycles. The van der Waals surface area contributed by atoms with Crippen molar-refractivity contribution in [3.63, 3.8) is 0 Å². The Labute approximate surface area is 157 Å². The van der Waals surface area contributed by atoms with E-state index in [0.29, 0.717) is 13.1 Å². The molecule has 25 heavy (non-hydrogen) atoms. The number of nitrogens with zero attached hydrogens (tertiary/aromatic N) is 1. The lowest BCUT2D eigenvalue weighted by molar-refractivity contribution is -0.910. The third-order valence-corrected chi connectivity index (χ3v) is 5.16. The number of unbranched alkanes of at least 4 members (excludes halogenated alkanes) is 10. The summed E-state index contributed by atoms with van der Waals surface area (Å²) >= 11 is 0. The quantitative estimate of drug-likeness (QED) is 0.253. The van der Waals surface area contributed by atoms with Gasteiger partial charge in [-0.25, -0.2) is 0 Å². The van der Waals surface area contributed by atoms with Crippen molar-refractivity contribution in [2.75, 3.05) is 53.1 Å². The Morgan fingerprint density at radius 3 is 1.52 bits per heavy atom. The number of hydrogen-bond donors (Lipinski definition) is 2. The van der Waals surface area contributed by atoms with Gasteiger partial charge in [0.05, 0.1) is 33.4 Å². The Bertz CT molecular complexity index is 256. The van der Waals surface area contributed by atoms with E-state index in [0.717, 1.165) is 30.7 Å². The van der Waals surface area contributed by atoms with E-state index in [-0.39, 0.29) is 13.2 Å². The topological polar surface area (TPSA) is 49.7 Å². The summed E-state index contributed by atoms with van der Waals surface area (Å²) < 4.78 is 6.46. The van der Waals surface area contributed by atoms with Crippen LogP contribution in [0.5, 0.6) is 0 Å². The molecule has 0 atom stereocenters. The number of ether oxygens (including phenoxy) is 1. The third kappa shape index (κ3) is 17.0. The van der Waals surface area contributed by atoms with Crippen LogP contribution in [0.1, 0.15) is 84.0 Å². The molecular weight excluding hydrogens is 314 g/mol. The summed E-state index contributed by atoms with van der Waals surface area (Å²) in [6, 6.07) is 0. The molecule has 0 amide bonds. The molecule has 0 fully saturated rings. The normalized spacial score (nSPS) is 12.0. The molecule has 0 aliphatic rings. The molecule has 0 saturated heterocycles. The summed E-state index contributed by atoms with van der Waals surface area (Å²) in [6.45, 7) is 6.67. The monoisotopic (exact) mass is 360 g/mol. The SMILES string of the molecule is CCCCCCCCCCCCCOCCC[N+](C)(CCO)CCO. The Kier molecular flexibility index (Phi) is 18.5. The van der Waals surface area contributed by atoms with Crippen LogP contribution >= 0.6 is 0 Å². The molecule has 0 rings (SSSR count). The molecule has 2 N–H and O–H groups in total. The smallest absolute Gasteiger partial charge is 0.102 e. The minimum Gasteiger partial charge on any atom is -0.391 e. The largest absolute Gasteiger partial charge is 0.391 e. The van der Waals surface area contributed by atoms with E-state index in [1.54, 1.807) is 0 Å². The summed E-state index contributed by atoms with van der Waals surface area (Å²) in [5, 5.41) is 18.3. The first-order chi connectivity index (χ1) is 12.2. The Morgan fingerprint density at radius 1 is 0.600 bits per heavy atom. The van der Waals surface area contributed by atoms with Gasteiger partial charge in [-0.05, 0) is 6.42 Å². The fourth-order valence-electron chi connectivity index (χ4n) is 3.34. The van der Waals surface area contributed by atoms with E-state index in [9.17, 15) is 0 Å². The molecule has 0 aromatic rings. The maximum atomic E-state index is 9.13. The van der Waals surface area contributed by atoms with Crippen LogP contribution in [0.4, 0.5) is 0 Å². The number of likely N-dealkylation sites (N-methyl/N-ethyl adjacent to an activating group) is 1. The first-order valence-electron chi connectivity index (χ1n) is 10.8. The van der Waals surface area contributed by atoms with Crippen molar-refractivity contribution >= 4 is 0 Å². The molecule has 0 spiro atoms. The lowest BCUT2D eigenvalue weighted by Crippen LogP contribution is -2.48. The molecule has 0 heterocycles. The molecule has 0 unspecified atom stereocenters. The van der Waals surface area contributed by atoms with E-state index in [1.807, 2.05) is 0 Å². The molecule has 0 radical (unpaired) electrons. The predicted octanol–water partition coefficient (Wildman–Crippen LogP) is 4.14. The zero-order chi connectivity index (χ0) is 18.6. The van der Waals surface area contributed by atoms with E-state index in [2.05, 4.69) is 14.0 Å². The number of aliphatic hydroxyl groups excluding tert-OH is 2. The minimum absolute atomic E-state index is 0.177. The average molecular weight is 361 g/mol. The standard InChI is InChI=1S/C21H46NO3/c1-3-4-5-6-7-8-9-10-11-12-13-20-25-21-14-15-22(2,16-18-23)17-19-24/h23-24H,3-21H2,1-2H3/q+1. The highest BCUT2D eigenvalue weighted by Gasteiger charge is 2.19. The fourth-order valence-corrected chi connectivity index (χ4v) is 3.34. The Hall–Kier alpha value is -0.160. The van der Waals surface area contributed by atoms with Crippen LogP contribution in [-0.2, 0) is 4.74 Å². The van der Waals surface area contributed by atoms with Gasteiger partial charge in [0.2, 0.25) is 0 Å². The molecule has 0 aromatic heterocycles. The van der Waals surface area contributed by atoms with Crippen LogP contribution in [-0.4, -0.2) is 67.8 Å². The Balaban J connectivity index is 3.28. The van der Waals surface area contributed by atoms with Crippen LogP contribution in [0.25, 0.3) is 0 Å². The van der Waals surface area contributed by atoms with Gasteiger partial charge >= 0.3 is 0 Å². The van der Waals surface area contributed by atoms with Gasteiger partial charge < -0.3 is 19.4 Å². The van der Waals surface area contributed by atoms with E-state index >= 15 is 0 Å². The highest BCUT2D eigenvalue weighted by Crippen LogP contribution is 2.11. The van der Waals surface area contributed by atoms with Gasteiger partial charge in [0, 0.05) is 13.0 Å². The van der Waals surface area contributed by atoms with Crippen molar-refractivity contribution in [2.24, 2.45) is 0 Å². The van der Waals surface area contributed by atoms with Gasteiger partial charge in [-0.15, -0.1) is 0 Å². The lowest BCUT2D eigenvalue weighted by Gasteiger charge is -2.33. The van der Waals surface area contributed by atoms with Gasteiger partial charge in [-0.2, -0.15) is 0 Å². The average Bonchev–Trinajstić information content (AvgIpc) is 2.59. The number of aliphatic hydroxyl groups is 2. The van der Waals surface area contributed by atoms with E-state index in [4.69, 9.17) is 14.9 Å². The van der Waals surface area contributed by atoms with E-state index < -0.39 is 0 Å². The van der Waals surface area contributed by atoms with Crippen molar-refractivity contribution in [1.82, 2.24) is 0 Å². The molecule has 152 valence electrons. The van der Waals surface area contributed by atoms with Gasteiger partial charge in [0.25, 0.3) is 0 Å². The maximum Gasteiger partial charge on any atom is 0.102 e. The summed E-state index contributed by atoms with van der Waals surface area (Å²) in [7, 11) is 2.09. The van der Waals surface area contributed by atoms with Crippen LogP contribution < -0.4 is 0 Å². The number of hydrogen-bond acceptors (Lipinski definition) is 3. The summed E-state index contributed by atoms with van der Waals surface area (Å²) in [5.41, 5.74) is 0. The number of quaternary nitrogens is 1. The first-order valence-corrected chi connectivity index (χ1v) is 10.8. The molecule has 4 heteroatoms. The van der Waals surface area contributed by atoms with Crippen LogP contribution in [0, 0.1) is 0 Å². The third-order valence-electron chi connectivity index (χ3n) is 5.16. The highest BCUT2D eigenvalue weighted by atomic mass is 16.5. The van der Waals surface area contributed by atoms with Crippen molar-refractivity contribution < 1.29 is 19.4 Å². The maximum absolute atomic E-state index is 9.13. The van der Waals surface area contributed by atoms with Gasteiger partial charge in [-0.1, -0.05) is 71.1 Å². The lowest BCUT2D eigenvalue weighted by atomic mass is 10.1. The van der Waals surface area contributed by atoms with Crippen molar-refractivity contribution in [2.45, 2.75) is 84.0 Å². The zero-order valence-electron chi connectivity index (χ0n) is 17.2. The fraction of sp³-hybridized carbons (Fsp3) is 1.00. The summed E-state index contributed by atoms with van der Waals surface area (Å²) in [4.78, 5) is 0. The molecular formula is C21H46NO3+. The van der Waals surface area contributed by atoms with Crippen LogP contribution in [0.15, 0.2) is 0 Å². The molecule has 0 aromatic carbocycles. The minimum atomic E-state index is 0.177. The molecule has 4 nitrogen and oxygen atoms in total. The first kappa shape index (κ1) is 24.8. The van der Waals surface area contributed by atoms with Gasteiger partial charge in [0.15, 0.2) is 0 Å². The molecule has 0 bridgehead atoms. The summed E-state index contributed by atoms with van der Waals surface area (Å²) in [6.07, 6.45) is 16.0. The second kappa shape index (κ2) is 18.6. The second-order valence-electron chi connectivity index (χ2n) is 7.74.